The number of aryl methyl sites for hydroxylation is 1. The van der Waals surface area contributed by atoms with Gasteiger partial charge in [0.1, 0.15) is 6.10 Å². The predicted molar refractivity (Wildman–Crippen MR) is 103 cm³/mol. The van der Waals surface area contributed by atoms with Gasteiger partial charge in [0.2, 0.25) is 0 Å². The van der Waals surface area contributed by atoms with Crippen LogP contribution in [0.15, 0.2) is 24.3 Å². The topological polar surface area (TPSA) is 44.8 Å². The molecule has 0 amide bonds. The lowest BCUT2D eigenvalue weighted by Gasteiger charge is -2.24. The van der Waals surface area contributed by atoms with Crippen molar-refractivity contribution in [2.45, 2.75) is 63.4 Å². The summed E-state index contributed by atoms with van der Waals surface area (Å²) in [5.41, 5.74) is 3.17. The highest BCUT2D eigenvalue weighted by molar-refractivity contribution is 6.21. The summed E-state index contributed by atoms with van der Waals surface area (Å²) < 4.78 is 0. The van der Waals surface area contributed by atoms with E-state index < -0.39 is 6.10 Å². The van der Waals surface area contributed by atoms with Crippen LogP contribution in [0, 0.1) is 19.4 Å². The Balaban J connectivity index is 2.32. The Kier molecular flexibility index (Phi) is 7.50. The van der Waals surface area contributed by atoms with Crippen LogP contribution in [0.4, 0.5) is 5.69 Å². The van der Waals surface area contributed by atoms with Crippen LogP contribution in [-0.4, -0.2) is 22.2 Å². The fraction of sp³-hybridized carbons (Fsp3) is 0.571. The van der Waals surface area contributed by atoms with E-state index in [9.17, 15) is 10.2 Å². The highest BCUT2D eigenvalue weighted by Gasteiger charge is 2.36. The van der Waals surface area contributed by atoms with Gasteiger partial charge in [-0.05, 0) is 61.1 Å². The highest BCUT2D eigenvalue weighted by Crippen LogP contribution is 2.48. The van der Waals surface area contributed by atoms with E-state index in [1.807, 2.05) is 13.0 Å². The number of aliphatic hydroxyl groups is 2. The average Bonchev–Trinajstić information content (AvgIpc) is 2.98. The molecule has 2 N–H and O–H groups in total. The zero-order valence-corrected chi connectivity index (χ0v) is 15.8. The van der Waals surface area contributed by atoms with Crippen molar-refractivity contribution in [3.63, 3.8) is 0 Å². The molecule has 136 valence electrons. The summed E-state index contributed by atoms with van der Waals surface area (Å²) >= 11 is 6.59. The molecule has 0 saturated heterocycles. The Hall–Kier alpha value is -1.34. The third-order valence-electron chi connectivity index (χ3n) is 5.23. The molecule has 1 aromatic rings. The maximum Gasteiger partial charge on any atom is 0.191 e. The Morgan fingerprint density at radius 3 is 2.76 bits per heavy atom. The van der Waals surface area contributed by atoms with Gasteiger partial charge in [-0.2, -0.15) is 0 Å². The molecule has 1 aliphatic carbocycles. The third-order valence-corrected chi connectivity index (χ3v) is 5.77. The van der Waals surface area contributed by atoms with Crippen molar-refractivity contribution >= 4 is 17.3 Å². The van der Waals surface area contributed by atoms with Crippen molar-refractivity contribution in [1.82, 2.24) is 0 Å². The van der Waals surface area contributed by atoms with Crippen molar-refractivity contribution in [2.75, 3.05) is 6.61 Å². The molecule has 2 rings (SSSR count). The number of alkyl halides is 1. The maximum atomic E-state index is 9.96. The second kappa shape index (κ2) is 9.38. The summed E-state index contributed by atoms with van der Waals surface area (Å²) in [5.74, 6) is 0.611. The molecule has 1 aliphatic rings. The van der Waals surface area contributed by atoms with Gasteiger partial charge in [-0.15, -0.1) is 11.6 Å². The number of aliphatic hydroxyl groups excluding tert-OH is 2. The number of hydrogen-bond acceptors (Lipinski definition) is 2. The molecule has 4 heteroatoms. The number of hydrogen-bond donors (Lipinski definition) is 2. The highest BCUT2D eigenvalue weighted by atomic mass is 35.5. The molecule has 3 nitrogen and oxygen atoms in total. The smallest absolute Gasteiger partial charge is 0.191 e. The van der Waals surface area contributed by atoms with Gasteiger partial charge in [-0.3, -0.25) is 0 Å². The second-order valence-electron chi connectivity index (χ2n) is 6.94. The standard InChI is InChI=1S/C21H28ClNO2/c1-4-5-6-7-8-16-15(9-10-19(16)22)18-11-14(2)17(21(25)13-24)12-20(18)23-3/h6-7,11-12,15-16,19,21,24-25H,4-5,8-10,13H2,1-2H3/b7-6-. The fourth-order valence-electron chi connectivity index (χ4n) is 3.84. The van der Waals surface area contributed by atoms with E-state index in [2.05, 4.69) is 23.9 Å². The first-order valence-corrected chi connectivity index (χ1v) is 9.56. The molecule has 4 unspecified atom stereocenters. The summed E-state index contributed by atoms with van der Waals surface area (Å²) in [4.78, 5) is 3.70. The first-order valence-electron chi connectivity index (χ1n) is 9.13. The van der Waals surface area contributed by atoms with Crippen LogP contribution < -0.4 is 0 Å². The van der Waals surface area contributed by atoms with Gasteiger partial charge in [0.15, 0.2) is 5.69 Å². The van der Waals surface area contributed by atoms with Crippen LogP contribution in [0.3, 0.4) is 0 Å². The zero-order valence-electron chi connectivity index (χ0n) is 15.1. The maximum absolute atomic E-state index is 9.96. The van der Waals surface area contributed by atoms with E-state index in [0.717, 1.165) is 43.2 Å². The number of benzene rings is 1. The number of nitrogens with zero attached hydrogens (tertiary/aromatic N) is 1. The van der Waals surface area contributed by atoms with Gasteiger partial charge in [-0.1, -0.05) is 37.6 Å². The number of rotatable bonds is 7. The van der Waals surface area contributed by atoms with E-state index in [1.54, 1.807) is 6.07 Å². The van der Waals surface area contributed by atoms with Gasteiger partial charge < -0.3 is 10.2 Å². The summed E-state index contributed by atoms with van der Waals surface area (Å²) in [6, 6.07) is 3.76. The minimum atomic E-state index is -0.938. The van der Waals surface area contributed by atoms with Gasteiger partial charge in [-0.25, -0.2) is 4.85 Å². The van der Waals surface area contributed by atoms with E-state index in [-0.39, 0.29) is 17.9 Å². The molecule has 1 saturated carbocycles. The normalized spacial score (nSPS) is 24.6. The van der Waals surface area contributed by atoms with E-state index in [0.29, 0.717) is 17.2 Å². The molecule has 4 atom stereocenters. The Bertz CT molecular complexity index is 650. The minimum Gasteiger partial charge on any atom is -0.393 e. The largest absolute Gasteiger partial charge is 0.393 e. The van der Waals surface area contributed by atoms with Crippen LogP contribution in [0.2, 0.25) is 0 Å². The van der Waals surface area contributed by atoms with Crippen LogP contribution >= 0.6 is 11.6 Å². The second-order valence-corrected chi connectivity index (χ2v) is 7.50. The lowest BCUT2D eigenvalue weighted by Crippen LogP contribution is -2.14. The van der Waals surface area contributed by atoms with Gasteiger partial charge in [0, 0.05) is 5.38 Å². The molecule has 1 fully saturated rings. The van der Waals surface area contributed by atoms with Crippen LogP contribution in [-0.2, 0) is 0 Å². The SMILES string of the molecule is [C-]#[N+]c1cc(C(O)CO)c(C)cc1C1CCC(Cl)C1C/C=C\CCC. The molecule has 0 bridgehead atoms. The van der Waals surface area contributed by atoms with E-state index >= 15 is 0 Å². The quantitative estimate of drug-likeness (QED) is 0.387. The van der Waals surface area contributed by atoms with Gasteiger partial charge >= 0.3 is 0 Å². The first kappa shape index (κ1) is 20.0. The third kappa shape index (κ3) is 4.64. The number of allylic oxidation sites excluding steroid dienone is 2. The summed E-state index contributed by atoms with van der Waals surface area (Å²) in [6.07, 6.45) is 8.65. The van der Waals surface area contributed by atoms with Gasteiger partial charge in [0.05, 0.1) is 13.2 Å². The monoisotopic (exact) mass is 361 g/mol. The lowest BCUT2D eigenvalue weighted by atomic mass is 9.83. The van der Waals surface area contributed by atoms with Crippen LogP contribution in [0.25, 0.3) is 4.85 Å². The van der Waals surface area contributed by atoms with Crippen molar-refractivity contribution in [2.24, 2.45) is 5.92 Å². The molecule has 0 aliphatic heterocycles. The lowest BCUT2D eigenvalue weighted by molar-refractivity contribution is 0.0951. The fourth-order valence-corrected chi connectivity index (χ4v) is 4.25. The molecule has 0 heterocycles. The van der Waals surface area contributed by atoms with Crippen molar-refractivity contribution in [1.29, 1.82) is 0 Å². The van der Waals surface area contributed by atoms with E-state index in [1.165, 1.54) is 0 Å². The molecule has 0 spiro atoms. The average molecular weight is 362 g/mol. The van der Waals surface area contributed by atoms with Crippen LogP contribution in [0.1, 0.15) is 67.7 Å². The van der Waals surface area contributed by atoms with Crippen LogP contribution in [0.5, 0.6) is 0 Å². The van der Waals surface area contributed by atoms with Crippen molar-refractivity contribution in [3.05, 3.63) is 52.4 Å². The molecule has 25 heavy (non-hydrogen) atoms. The molecule has 0 radical (unpaired) electrons. The summed E-state index contributed by atoms with van der Waals surface area (Å²) in [6.45, 7) is 11.3. The Morgan fingerprint density at radius 2 is 2.12 bits per heavy atom. The molecular weight excluding hydrogens is 334 g/mol. The first-order chi connectivity index (χ1) is 12.0. The van der Waals surface area contributed by atoms with Crippen molar-refractivity contribution < 1.29 is 10.2 Å². The Morgan fingerprint density at radius 1 is 1.36 bits per heavy atom. The number of halogens is 1. The molecule has 1 aromatic carbocycles. The summed E-state index contributed by atoms with van der Waals surface area (Å²) in [7, 11) is 0. The van der Waals surface area contributed by atoms with E-state index in [4.69, 9.17) is 18.2 Å². The predicted octanol–water partition coefficient (Wildman–Crippen LogP) is 5.42. The molecular formula is C21H28ClNO2. The zero-order chi connectivity index (χ0) is 18.4. The van der Waals surface area contributed by atoms with Crippen molar-refractivity contribution in [3.8, 4) is 0 Å². The minimum absolute atomic E-state index is 0.137. The van der Waals surface area contributed by atoms with Gasteiger partial charge in [0.25, 0.3) is 0 Å². The molecule has 0 aromatic heterocycles. The summed E-state index contributed by atoms with van der Waals surface area (Å²) in [5, 5.41) is 19.3. The Labute approximate surface area is 156 Å². The number of unbranched alkanes of at least 4 members (excludes halogenated alkanes) is 1.